The summed E-state index contributed by atoms with van der Waals surface area (Å²) >= 11 is 0. The first kappa shape index (κ1) is 22.0. The zero-order valence-corrected chi connectivity index (χ0v) is 18.6. The molecule has 0 aliphatic heterocycles. The van der Waals surface area contributed by atoms with Gasteiger partial charge in [0.1, 0.15) is 5.82 Å². The molecule has 0 heterocycles. The Morgan fingerprint density at radius 1 is 1.03 bits per heavy atom. The molecule has 5 nitrogen and oxygen atoms in total. The number of fused-ring (bicyclic) bond motifs is 1. The normalized spacial score (nSPS) is 15.6. The second-order valence-electron chi connectivity index (χ2n) is 8.03. The van der Waals surface area contributed by atoms with Crippen molar-refractivity contribution in [2.75, 3.05) is 10.6 Å². The fraction of sp³-hybridized carbons (Fsp3) is 0.240. The van der Waals surface area contributed by atoms with Gasteiger partial charge in [0.15, 0.2) is 0 Å². The summed E-state index contributed by atoms with van der Waals surface area (Å²) in [6.45, 7) is -0.129. The Hall–Kier alpha value is -3.19. The van der Waals surface area contributed by atoms with Crippen LogP contribution in [0.3, 0.4) is 0 Å². The number of sulfonamides is 1. The number of hydrogen-bond acceptors (Lipinski definition) is 3. The number of hydrogen-bond donors (Lipinski definition) is 1. The minimum atomic E-state index is -3.66. The average Bonchev–Trinajstić information content (AvgIpc) is 2.78. The van der Waals surface area contributed by atoms with E-state index < -0.39 is 15.8 Å². The summed E-state index contributed by atoms with van der Waals surface area (Å²) in [7, 11) is -3.66. The summed E-state index contributed by atoms with van der Waals surface area (Å²) in [6, 6.07) is 20.5. The van der Waals surface area contributed by atoms with Gasteiger partial charge in [0.05, 0.1) is 24.5 Å². The minimum Gasteiger partial charge on any atom is -0.345 e. The topological polar surface area (TPSA) is 66.5 Å². The van der Waals surface area contributed by atoms with Gasteiger partial charge < -0.3 is 5.32 Å². The summed E-state index contributed by atoms with van der Waals surface area (Å²) in [6.07, 6.45) is 3.99. The lowest BCUT2D eigenvalue weighted by molar-refractivity contribution is 0.0932. The number of aryl methyl sites for hydroxylation is 1. The maximum Gasteiger partial charge on any atom is 0.251 e. The number of rotatable bonds is 6. The van der Waals surface area contributed by atoms with E-state index in [1.807, 2.05) is 12.1 Å². The van der Waals surface area contributed by atoms with Crippen LogP contribution in [0, 0.1) is 5.82 Å². The molecule has 166 valence electrons. The number of carbonyl (C=O) groups excluding carboxylic acids is 1. The molecule has 1 atom stereocenters. The zero-order valence-electron chi connectivity index (χ0n) is 17.8. The summed E-state index contributed by atoms with van der Waals surface area (Å²) in [5, 5.41) is 3.10. The number of carbonyl (C=O) groups is 1. The first-order valence-electron chi connectivity index (χ1n) is 10.5. The lowest BCUT2D eigenvalue weighted by Crippen LogP contribution is -2.31. The van der Waals surface area contributed by atoms with Gasteiger partial charge >= 0.3 is 0 Å². The predicted molar refractivity (Wildman–Crippen MR) is 123 cm³/mol. The van der Waals surface area contributed by atoms with Gasteiger partial charge in [0.25, 0.3) is 5.91 Å². The van der Waals surface area contributed by atoms with Gasteiger partial charge in [-0.25, -0.2) is 12.8 Å². The van der Waals surface area contributed by atoms with Gasteiger partial charge in [-0.2, -0.15) is 0 Å². The second kappa shape index (κ2) is 9.12. The van der Waals surface area contributed by atoms with Gasteiger partial charge in [0, 0.05) is 11.1 Å². The number of nitrogens with zero attached hydrogens (tertiary/aromatic N) is 1. The number of halogens is 1. The fourth-order valence-electron chi connectivity index (χ4n) is 4.11. The van der Waals surface area contributed by atoms with Crippen molar-refractivity contribution >= 4 is 21.6 Å². The molecule has 1 aliphatic carbocycles. The van der Waals surface area contributed by atoms with E-state index in [0.717, 1.165) is 35.4 Å². The van der Waals surface area contributed by atoms with E-state index in [4.69, 9.17) is 0 Å². The maximum absolute atomic E-state index is 14.1. The van der Waals surface area contributed by atoms with Crippen LogP contribution in [0.5, 0.6) is 0 Å². The molecule has 0 saturated heterocycles. The summed E-state index contributed by atoms with van der Waals surface area (Å²) < 4.78 is 39.9. The highest BCUT2D eigenvalue weighted by atomic mass is 32.2. The second-order valence-corrected chi connectivity index (χ2v) is 9.93. The van der Waals surface area contributed by atoms with E-state index in [0.29, 0.717) is 11.3 Å². The van der Waals surface area contributed by atoms with Crippen molar-refractivity contribution < 1.29 is 17.6 Å². The quantitative estimate of drug-likeness (QED) is 0.595. The van der Waals surface area contributed by atoms with Crippen molar-refractivity contribution in [2.45, 2.75) is 31.8 Å². The SMILES string of the molecule is CS(=O)(=O)N(Cc1ccccc1F)c1ccc(C(=O)NC2CCCc3ccccc32)cc1. The van der Waals surface area contributed by atoms with Gasteiger partial charge in [-0.3, -0.25) is 9.10 Å². The van der Waals surface area contributed by atoms with Crippen LogP contribution >= 0.6 is 0 Å². The third-order valence-corrected chi connectivity index (χ3v) is 6.90. The highest BCUT2D eigenvalue weighted by Crippen LogP contribution is 2.30. The van der Waals surface area contributed by atoms with Crippen LogP contribution in [0.15, 0.2) is 72.8 Å². The van der Waals surface area contributed by atoms with Crippen LogP contribution < -0.4 is 9.62 Å². The van der Waals surface area contributed by atoms with E-state index in [-0.39, 0.29) is 24.1 Å². The Labute approximate surface area is 187 Å². The first-order chi connectivity index (χ1) is 15.3. The molecular weight excluding hydrogens is 427 g/mol. The van der Waals surface area contributed by atoms with Crippen molar-refractivity contribution in [3.63, 3.8) is 0 Å². The fourth-order valence-corrected chi connectivity index (χ4v) is 4.98. The molecule has 3 aromatic carbocycles. The van der Waals surface area contributed by atoms with Gasteiger partial charge in [0.2, 0.25) is 10.0 Å². The molecule has 1 amide bonds. The Morgan fingerprint density at radius 3 is 2.44 bits per heavy atom. The number of anilines is 1. The van der Waals surface area contributed by atoms with E-state index in [9.17, 15) is 17.6 Å². The molecule has 4 rings (SSSR count). The van der Waals surface area contributed by atoms with E-state index in [1.165, 1.54) is 11.6 Å². The third-order valence-electron chi connectivity index (χ3n) is 5.76. The third kappa shape index (κ3) is 4.83. The summed E-state index contributed by atoms with van der Waals surface area (Å²) in [4.78, 5) is 12.8. The van der Waals surface area contributed by atoms with Crippen LogP contribution in [-0.4, -0.2) is 20.6 Å². The molecule has 1 aliphatic rings. The average molecular weight is 453 g/mol. The first-order valence-corrected chi connectivity index (χ1v) is 12.4. The molecule has 1 N–H and O–H groups in total. The van der Waals surface area contributed by atoms with Crippen LogP contribution in [0.4, 0.5) is 10.1 Å². The molecular formula is C25H25FN2O3S. The number of benzene rings is 3. The molecule has 0 spiro atoms. The minimum absolute atomic E-state index is 0.0410. The van der Waals surface area contributed by atoms with Gasteiger partial charge in [-0.05, 0) is 60.7 Å². The Balaban J connectivity index is 1.52. The Morgan fingerprint density at radius 2 is 1.72 bits per heavy atom. The predicted octanol–water partition coefficient (Wildman–Crippen LogP) is 4.60. The zero-order chi connectivity index (χ0) is 22.7. The largest absolute Gasteiger partial charge is 0.345 e. The summed E-state index contributed by atoms with van der Waals surface area (Å²) in [5.41, 5.74) is 3.50. The van der Waals surface area contributed by atoms with Crippen molar-refractivity contribution in [1.82, 2.24) is 5.32 Å². The standard InChI is InChI=1S/C25H25FN2O3S/c1-32(30,31)28(17-20-8-3-5-11-23(20)26)21-15-13-19(14-16-21)25(29)27-24-12-6-9-18-7-2-4-10-22(18)24/h2-5,7-8,10-11,13-16,24H,6,9,12,17H2,1H3,(H,27,29). The summed E-state index contributed by atoms with van der Waals surface area (Å²) in [5.74, 6) is -0.678. The Kier molecular flexibility index (Phi) is 6.28. The molecule has 3 aromatic rings. The van der Waals surface area contributed by atoms with Gasteiger partial charge in [-0.15, -0.1) is 0 Å². The highest BCUT2D eigenvalue weighted by molar-refractivity contribution is 7.92. The number of nitrogens with one attached hydrogen (secondary N) is 1. The highest BCUT2D eigenvalue weighted by Gasteiger charge is 2.23. The van der Waals surface area contributed by atoms with Crippen molar-refractivity contribution in [2.24, 2.45) is 0 Å². The lowest BCUT2D eigenvalue weighted by atomic mass is 9.87. The van der Waals surface area contributed by atoms with Crippen molar-refractivity contribution in [1.29, 1.82) is 0 Å². The van der Waals surface area contributed by atoms with Crippen LogP contribution in [0.2, 0.25) is 0 Å². The molecule has 0 bridgehead atoms. The van der Waals surface area contributed by atoms with Crippen molar-refractivity contribution in [3.8, 4) is 0 Å². The molecule has 0 radical (unpaired) electrons. The van der Waals surface area contributed by atoms with Crippen LogP contribution in [0.25, 0.3) is 0 Å². The molecule has 0 fully saturated rings. The lowest BCUT2D eigenvalue weighted by Gasteiger charge is -2.26. The monoisotopic (exact) mass is 452 g/mol. The van der Waals surface area contributed by atoms with Gasteiger partial charge in [-0.1, -0.05) is 42.5 Å². The smallest absolute Gasteiger partial charge is 0.251 e. The van der Waals surface area contributed by atoms with Crippen LogP contribution in [-0.2, 0) is 23.0 Å². The van der Waals surface area contributed by atoms with Crippen LogP contribution in [0.1, 0.15) is 45.9 Å². The van der Waals surface area contributed by atoms with Crippen molar-refractivity contribution in [3.05, 3.63) is 101 Å². The molecule has 1 unspecified atom stereocenters. The number of amides is 1. The van der Waals surface area contributed by atoms with E-state index in [2.05, 4.69) is 17.4 Å². The van der Waals surface area contributed by atoms with E-state index >= 15 is 0 Å². The molecule has 32 heavy (non-hydrogen) atoms. The Bertz CT molecular complexity index is 1230. The molecule has 0 saturated carbocycles. The molecule has 7 heteroatoms. The van der Waals surface area contributed by atoms with E-state index in [1.54, 1.807) is 42.5 Å². The molecule has 0 aromatic heterocycles. The maximum atomic E-state index is 14.1.